The average molecular weight is 564 g/mol. The highest BCUT2D eigenvalue weighted by atomic mass is 32.2. The van der Waals surface area contributed by atoms with E-state index in [1.54, 1.807) is 36.4 Å². The number of alkyl halides is 3. The van der Waals surface area contributed by atoms with Crippen LogP contribution in [0.5, 0.6) is 0 Å². The third-order valence-electron chi connectivity index (χ3n) is 6.20. The van der Waals surface area contributed by atoms with Gasteiger partial charge in [0.05, 0.1) is 10.6 Å². The molecule has 0 amide bonds. The van der Waals surface area contributed by atoms with Crippen molar-refractivity contribution >= 4 is 15.7 Å². The summed E-state index contributed by atoms with van der Waals surface area (Å²) in [5.74, 6) is 4.45. The molecular formula is C32H28F3NO3S. The first-order chi connectivity index (χ1) is 18.9. The van der Waals surface area contributed by atoms with Crippen LogP contribution in [0.15, 0.2) is 114 Å². The van der Waals surface area contributed by atoms with E-state index in [9.17, 15) is 26.7 Å². The van der Waals surface area contributed by atoms with Gasteiger partial charge in [0, 0.05) is 17.7 Å². The molecule has 0 aliphatic heterocycles. The van der Waals surface area contributed by atoms with Gasteiger partial charge in [-0.15, -0.1) is 0 Å². The Balaban J connectivity index is 1.71. The summed E-state index contributed by atoms with van der Waals surface area (Å²) >= 11 is 0. The van der Waals surface area contributed by atoms with Crippen molar-refractivity contribution in [3.8, 4) is 23.0 Å². The zero-order valence-electron chi connectivity index (χ0n) is 21.9. The molecule has 8 heteroatoms. The minimum absolute atomic E-state index is 0.0649. The molecule has 0 aromatic heterocycles. The fourth-order valence-corrected chi connectivity index (χ4v) is 5.79. The van der Waals surface area contributed by atoms with Crippen molar-refractivity contribution in [2.45, 2.75) is 30.5 Å². The van der Waals surface area contributed by atoms with E-state index >= 15 is 0 Å². The summed E-state index contributed by atoms with van der Waals surface area (Å²) in [5.41, 5.74) is -1.86. The number of sulfonamides is 1. The van der Waals surface area contributed by atoms with Gasteiger partial charge in [-0.05, 0) is 59.4 Å². The smallest absolute Gasteiger partial charge is 0.366 e. The minimum Gasteiger partial charge on any atom is -0.366 e. The second kappa shape index (κ2) is 11.6. The highest BCUT2D eigenvalue weighted by Crippen LogP contribution is 2.39. The minimum atomic E-state index is -5.12. The third-order valence-corrected chi connectivity index (χ3v) is 8.01. The van der Waals surface area contributed by atoms with Gasteiger partial charge < -0.3 is 5.11 Å². The Morgan fingerprint density at radius 3 is 1.95 bits per heavy atom. The van der Waals surface area contributed by atoms with Gasteiger partial charge in [-0.1, -0.05) is 92.6 Å². The van der Waals surface area contributed by atoms with Crippen LogP contribution in [0.1, 0.15) is 25.0 Å². The lowest BCUT2D eigenvalue weighted by Crippen LogP contribution is -2.41. The molecule has 4 aromatic carbocycles. The molecule has 0 radical (unpaired) electrons. The summed E-state index contributed by atoms with van der Waals surface area (Å²) in [6.45, 7) is 3.79. The molecule has 0 spiro atoms. The number of benzene rings is 4. The highest BCUT2D eigenvalue weighted by Gasteiger charge is 2.54. The predicted molar refractivity (Wildman–Crippen MR) is 151 cm³/mol. The van der Waals surface area contributed by atoms with Crippen LogP contribution in [0.4, 0.5) is 18.9 Å². The summed E-state index contributed by atoms with van der Waals surface area (Å²) in [5, 5.41) is 10.8. The lowest BCUT2D eigenvalue weighted by molar-refractivity contribution is -0.240. The van der Waals surface area contributed by atoms with Gasteiger partial charge in [-0.3, -0.25) is 4.31 Å². The van der Waals surface area contributed by atoms with Crippen LogP contribution in [0.2, 0.25) is 0 Å². The maximum Gasteiger partial charge on any atom is 0.433 e. The van der Waals surface area contributed by atoms with E-state index in [1.165, 1.54) is 24.3 Å². The zero-order chi connectivity index (χ0) is 29.0. The monoisotopic (exact) mass is 563 g/mol. The molecule has 0 aliphatic carbocycles. The first-order valence-corrected chi connectivity index (χ1v) is 14.0. The number of nitrogens with zero attached hydrogens (tertiary/aromatic N) is 1. The molecule has 0 bridgehead atoms. The molecule has 0 saturated carbocycles. The van der Waals surface area contributed by atoms with Crippen molar-refractivity contribution in [1.29, 1.82) is 0 Å². The fourth-order valence-electron chi connectivity index (χ4n) is 4.14. The van der Waals surface area contributed by atoms with Crippen LogP contribution >= 0.6 is 0 Å². The summed E-state index contributed by atoms with van der Waals surface area (Å²) in [6, 6.07) is 28.5. The normalized spacial score (nSPS) is 13.3. The molecule has 40 heavy (non-hydrogen) atoms. The standard InChI is InChI=1S/C32H28F3NO3S/c1-24(2)23-36(40(38,39)30-14-7-4-8-15-30)29-18-16-28(17-19-29)31(37,32(33,34)35)21-20-25-10-9-13-27(22-25)26-11-5-3-6-12-26/h3-19,22,24,37H,23H2,1-2H3. The van der Waals surface area contributed by atoms with Crippen LogP contribution in [-0.4, -0.2) is 26.2 Å². The van der Waals surface area contributed by atoms with E-state index in [2.05, 4.69) is 5.92 Å². The first kappa shape index (κ1) is 28.9. The van der Waals surface area contributed by atoms with Crippen molar-refractivity contribution in [3.05, 3.63) is 120 Å². The Hall–Kier alpha value is -4.06. The molecule has 0 aliphatic rings. The van der Waals surface area contributed by atoms with Crippen LogP contribution in [-0.2, 0) is 15.6 Å². The van der Waals surface area contributed by atoms with Crippen LogP contribution in [0, 0.1) is 17.8 Å². The number of hydrogen-bond acceptors (Lipinski definition) is 3. The van der Waals surface area contributed by atoms with Crippen molar-refractivity contribution in [3.63, 3.8) is 0 Å². The molecule has 4 nitrogen and oxygen atoms in total. The molecule has 4 aromatic rings. The lowest BCUT2D eigenvalue weighted by Gasteiger charge is -2.28. The zero-order valence-corrected chi connectivity index (χ0v) is 22.7. The Morgan fingerprint density at radius 2 is 1.38 bits per heavy atom. The van der Waals surface area contributed by atoms with Gasteiger partial charge in [0.25, 0.3) is 10.0 Å². The van der Waals surface area contributed by atoms with Crippen LogP contribution < -0.4 is 4.31 Å². The third kappa shape index (κ3) is 6.22. The second-order valence-electron chi connectivity index (χ2n) is 9.69. The van der Waals surface area contributed by atoms with E-state index < -0.39 is 27.4 Å². The summed E-state index contributed by atoms with van der Waals surface area (Å²) in [7, 11) is -3.98. The molecule has 0 saturated heterocycles. The summed E-state index contributed by atoms with van der Waals surface area (Å²) < 4.78 is 70.6. The van der Waals surface area contributed by atoms with Crippen molar-refractivity contribution in [2.75, 3.05) is 10.8 Å². The highest BCUT2D eigenvalue weighted by molar-refractivity contribution is 7.92. The second-order valence-corrected chi connectivity index (χ2v) is 11.6. The number of aliphatic hydroxyl groups is 1. The average Bonchev–Trinajstić information content (AvgIpc) is 2.95. The largest absolute Gasteiger partial charge is 0.433 e. The predicted octanol–water partition coefficient (Wildman–Crippen LogP) is 7.01. The number of halogens is 3. The van der Waals surface area contributed by atoms with Crippen LogP contribution in [0.3, 0.4) is 0 Å². The van der Waals surface area contributed by atoms with E-state index in [0.717, 1.165) is 27.6 Å². The van der Waals surface area contributed by atoms with Crippen molar-refractivity contribution in [2.24, 2.45) is 5.92 Å². The van der Waals surface area contributed by atoms with E-state index in [4.69, 9.17) is 0 Å². The van der Waals surface area contributed by atoms with E-state index in [0.29, 0.717) is 5.56 Å². The molecule has 1 unspecified atom stereocenters. The number of rotatable bonds is 7. The molecule has 1 N–H and O–H groups in total. The SMILES string of the molecule is CC(C)CN(c1ccc(C(O)(C#Cc2cccc(-c3ccccc3)c2)C(F)(F)F)cc1)S(=O)(=O)c1ccccc1. The summed E-state index contributed by atoms with van der Waals surface area (Å²) in [6.07, 6.45) is -5.12. The fraction of sp³-hybridized carbons (Fsp3) is 0.188. The van der Waals surface area contributed by atoms with E-state index in [1.807, 2.05) is 56.2 Å². The number of anilines is 1. The first-order valence-electron chi connectivity index (χ1n) is 12.6. The lowest BCUT2D eigenvalue weighted by atomic mass is 9.92. The Bertz CT molecular complexity index is 1610. The molecule has 206 valence electrons. The molecule has 0 fully saturated rings. The summed E-state index contributed by atoms with van der Waals surface area (Å²) in [4.78, 5) is 0.0649. The van der Waals surface area contributed by atoms with Gasteiger partial charge in [0.1, 0.15) is 0 Å². The molecule has 4 rings (SSSR count). The maximum absolute atomic E-state index is 14.2. The topological polar surface area (TPSA) is 57.6 Å². The Kier molecular flexibility index (Phi) is 8.38. The number of hydrogen-bond donors (Lipinski definition) is 1. The quantitative estimate of drug-likeness (QED) is 0.246. The van der Waals surface area contributed by atoms with Gasteiger partial charge in [-0.25, -0.2) is 8.42 Å². The van der Waals surface area contributed by atoms with Crippen molar-refractivity contribution < 1.29 is 26.7 Å². The van der Waals surface area contributed by atoms with Gasteiger partial charge in [0.15, 0.2) is 0 Å². The molecule has 1 atom stereocenters. The Labute approximate surface area is 232 Å². The van der Waals surface area contributed by atoms with Gasteiger partial charge >= 0.3 is 6.18 Å². The van der Waals surface area contributed by atoms with Gasteiger partial charge in [0.2, 0.25) is 5.60 Å². The molecule has 0 heterocycles. The van der Waals surface area contributed by atoms with E-state index in [-0.39, 0.29) is 23.0 Å². The Morgan fingerprint density at radius 1 is 0.800 bits per heavy atom. The van der Waals surface area contributed by atoms with Gasteiger partial charge in [-0.2, -0.15) is 13.2 Å². The van der Waals surface area contributed by atoms with Crippen LogP contribution in [0.25, 0.3) is 11.1 Å². The molecular weight excluding hydrogens is 535 g/mol. The van der Waals surface area contributed by atoms with Crippen molar-refractivity contribution in [1.82, 2.24) is 0 Å². The maximum atomic E-state index is 14.2.